The summed E-state index contributed by atoms with van der Waals surface area (Å²) in [5.74, 6) is 0. The van der Waals surface area contributed by atoms with Gasteiger partial charge >= 0.3 is 0 Å². The third kappa shape index (κ3) is 3.15. The lowest BCUT2D eigenvalue weighted by atomic mass is 10.1. The quantitative estimate of drug-likeness (QED) is 0.576. The van der Waals surface area contributed by atoms with E-state index >= 15 is 0 Å². The topological polar surface area (TPSA) is 93.0 Å². The number of nitro benzene ring substituents is 1. The van der Waals surface area contributed by atoms with Crippen LogP contribution in [0, 0.1) is 10.1 Å². The highest BCUT2D eigenvalue weighted by Gasteiger charge is 2.34. The maximum absolute atomic E-state index is 12.9. The molecule has 2 aromatic rings. The first-order valence-corrected chi connectivity index (χ1v) is 10.6. The van der Waals surface area contributed by atoms with Gasteiger partial charge in [0.25, 0.3) is 5.69 Å². The highest BCUT2D eigenvalue weighted by molar-refractivity contribution is 7.89. The van der Waals surface area contributed by atoms with Crippen molar-refractivity contribution in [2.24, 2.45) is 0 Å². The molecule has 0 N–H and O–H groups in total. The summed E-state index contributed by atoms with van der Waals surface area (Å²) in [4.78, 5) is 13.1. The van der Waals surface area contributed by atoms with Gasteiger partial charge in [-0.15, -0.1) is 0 Å². The number of hydrogen-bond acceptors (Lipinski definition) is 6. The molecule has 1 atom stereocenters. The lowest BCUT2D eigenvalue weighted by Crippen LogP contribution is -2.40. The number of benzene rings is 2. The molecule has 2 aliphatic rings. The number of sulfonamides is 1. The van der Waals surface area contributed by atoms with Crippen LogP contribution < -0.4 is 4.90 Å². The van der Waals surface area contributed by atoms with E-state index in [9.17, 15) is 18.5 Å². The third-order valence-corrected chi connectivity index (χ3v) is 7.11. The monoisotopic (exact) mass is 403 g/mol. The SMILES string of the molecule is CC1Cc2ccccc2N1c1ccc(S(=O)(=O)N2CCOCC2)cc1[N+](=O)[O-]. The number of nitro groups is 1. The Labute approximate surface area is 163 Å². The number of morpholine rings is 1. The molecule has 2 heterocycles. The number of fused-ring (bicyclic) bond motifs is 1. The van der Waals surface area contributed by atoms with Crippen molar-refractivity contribution in [2.45, 2.75) is 24.3 Å². The van der Waals surface area contributed by atoms with Crippen LogP contribution in [-0.4, -0.2) is 50.0 Å². The predicted molar refractivity (Wildman–Crippen MR) is 104 cm³/mol. The smallest absolute Gasteiger partial charge is 0.294 e. The molecule has 0 bridgehead atoms. The molecule has 148 valence electrons. The Morgan fingerprint density at radius 1 is 1.11 bits per heavy atom. The highest BCUT2D eigenvalue weighted by atomic mass is 32.2. The van der Waals surface area contributed by atoms with E-state index in [1.54, 1.807) is 6.07 Å². The fraction of sp³-hybridized carbons (Fsp3) is 0.368. The number of para-hydroxylation sites is 1. The molecule has 9 heteroatoms. The van der Waals surface area contributed by atoms with Gasteiger partial charge in [-0.05, 0) is 37.1 Å². The van der Waals surface area contributed by atoms with E-state index in [-0.39, 0.29) is 29.7 Å². The summed E-state index contributed by atoms with van der Waals surface area (Å²) in [6.45, 7) is 3.13. The summed E-state index contributed by atoms with van der Waals surface area (Å²) in [5, 5.41) is 11.8. The van der Waals surface area contributed by atoms with Gasteiger partial charge in [-0.3, -0.25) is 10.1 Å². The largest absolute Gasteiger partial charge is 0.379 e. The summed E-state index contributed by atoms with van der Waals surface area (Å²) in [6.07, 6.45) is 0.779. The van der Waals surface area contributed by atoms with Crippen LogP contribution in [0.5, 0.6) is 0 Å². The van der Waals surface area contributed by atoms with Crippen LogP contribution in [0.4, 0.5) is 17.1 Å². The van der Waals surface area contributed by atoms with E-state index in [1.807, 2.05) is 36.1 Å². The molecular weight excluding hydrogens is 382 g/mol. The fourth-order valence-corrected chi connectivity index (χ4v) is 5.31. The van der Waals surface area contributed by atoms with E-state index in [1.165, 1.54) is 16.4 Å². The zero-order valence-electron chi connectivity index (χ0n) is 15.4. The Hall–Kier alpha value is -2.49. The van der Waals surface area contributed by atoms with Crippen molar-refractivity contribution in [2.75, 3.05) is 31.2 Å². The summed E-state index contributed by atoms with van der Waals surface area (Å²) in [7, 11) is -3.80. The second kappa shape index (κ2) is 7.16. The first kappa shape index (κ1) is 18.9. The van der Waals surface area contributed by atoms with Crippen LogP contribution in [0.25, 0.3) is 0 Å². The second-order valence-corrected chi connectivity index (χ2v) is 8.91. The van der Waals surface area contributed by atoms with Crippen molar-refractivity contribution in [1.29, 1.82) is 0 Å². The number of anilines is 2. The Morgan fingerprint density at radius 2 is 1.82 bits per heavy atom. The van der Waals surface area contributed by atoms with Crippen molar-refractivity contribution in [3.8, 4) is 0 Å². The molecular formula is C19H21N3O5S. The van der Waals surface area contributed by atoms with Gasteiger partial charge in [-0.25, -0.2) is 8.42 Å². The van der Waals surface area contributed by atoms with Crippen LogP contribution in [0.1, 0.15) is 12.5 Å². The molecule has 0 spiro atoms. The van der Waals surface area contributed by atoms with Crippen molar-refractivity contribution in [1.82, 2.24) is 4.31 Å². The third-order valence-electron chi connectivity index (χ3n) is 5.22. The average Bonchev–Trinajstić information content (AvgIpc) is 3.03. The van der Waals surface area contributed by atoms with E-state index in [0.29, 0.717) is 18.9 Å². The van der Waals surface area contributed by atoms with E-state index in [2.05, 4.69) is 0 Å². The Balaban J connectivity index is 1.78. The molecule has 1 fully saturated rings. The van der Waals surface area contributed by atoms with Crippen molar-refractivity contribution in [3.63, 3.8) is 0 Å². The lowest BCUT2D eigenvalue weighted by molar-refractivity contribution is -0.384. The van der Waals surface area contributed by atoms with Gasteiger partial charge in [0.15, 0.2) is 0 Å². The molecule has 1 unspecified atom stereocenters. The maximum atomic E-state index is 12.9. The van der Waals surface area contributed by atoms with E-state index in [4.69, 9.17) is 4.74 Å². The molecule has 2 aliphatic heterocycles. The van der Waals surface area contributed by atoms with Crippen LogP contribution in [0.2, 0.25) is 0 Å². The summed E-state index contributed by atoms with van der Waals surface area (Å²) >= 11 is 0. The minimum absolute atomic E-state index is 0.0396. The molecule has 2 aromatic carbocycles. The van der Waals surface area contributed by atoms with Gasteiger partial charge in [-0.2, -0.15) is 4.31 Å². The van der Waals surface area contributed by atoms with Crippen LogP contribution >= 0.6 is 0 Å². The van der Waals surface area contributed by atoms with Crippen molar-refractivity contribution < 1.29 is 18.1 Å². The molecule has 28 heavy (non-hydrogen) atoms. The first-order valence-electron chi connectivity index (χ1n) is 9.13. The van der Waals surface area contributed by atoms with Gasteiger partial charge in [0.2, 0.25) is 10.0 Å². The van der Waals surface area contributed by atoms with Gasteiger partial charge < -0.3 is 9.64 Å². The normalized spacial score (nSPS) is 20.2. The van der Waals surface area contributed by atoms with Crippen LogP contribution in [0.15, 0.2) is 47.4 Å². The summed E-state index contributed by atoms with van der Waals surface area (Å²) < 4.78 is 32.3. The molecule has 0 radical (unpaired) electrons. The Bertz CT molecular complexity index is 1020. The highest BCUT2D eigenvalue weighted by Crippen LogP contribution is 2.43. The minimum atomic E-state index is -3.80. The predicted octanol–water partition coefficient (Wildman–Crippen LogP) is 2.70. The lowest BCUT2D eigenvalue weighted by Gasteiger charge is -2.27. The van der Waals surface area contributed by atoms with E-state index < -0.39 is 14.9 Å². The molecule has 8 nitrogen and oxygen atoms in total. The standard InChI is InChI=1S/C19H21N3O5S/c1-14-12-15-4-2-3-5-17(15)21(14)18-7-6-16(13-19(18)22(23)24)28(25,26)20-8-10-27-11-9-20/h2-7,13-14H,8-12H2,1H3. The zero-order chi connectivity index (χ0) is 19.9. The Kier molecular flexibility index (Phi) is 4.82. The number of nitrogens with zero attached hydrogens (tertiary/aromatic N) is 3. The molecule has 1 saturated heterocycles. The van der Waals surface area contributed by atoms with Crippen molar-refractivity contribution >= 4 is 27.1 Å². The van der Waals surface area contributed by atoms with Crippen LogP contribution in [0.3, 0.4) is 0 Å². The molecule has 0 aromatic heterocycles. The first-order chi connectivity index (χ1) is 13.4. The van der Waals surface area contributed by atoms with Gasteiger partial charge in [0.1, 0.15) is 5.69 Å². The molecule has 0 aliphatic carbocycles. The van der Waals surface area contributed by atoms with Gasteiger partial charge in [0.05, 0.1) is 23.0 Å². The summed E-state index contributed by atoms with van der Waals surface area (Å²) in [5.41, 5.74) is 2.23. The van der Waals surface area contributed by atoms with Crippen molar-refractivity contribution in [3.05, 3.63) is 58.1 Å². The minimum Gasteiger partial charge on any atom is -0.379 e. The van der Waals surface area contributed by atoms with Crippen LogP contribution in [-0.2, 0) is 21.2 Å². The number of hydrogen-bond donors (Lipinski definition) is 0. The average molecular weight is 403 g/mol. The Morgan fingerprint density at radius 3 is 2.54 bits per heavy atom. The number of rotatable bonds is 4. The van der Waals surface area contributed by atoms with E-state index in [0.717, 1.165) is 17.7 Å². The molecule has 0 amide bonds. The number of ether oxygens (including phenoxy) is 1. The fourth-order valence-electron chi connectivity index (χ4n) is 3.88. The molecule has 0 saturated carbocycles. The maximum Gasteiger partial charge on any atom is 0.294 e. The zero-order valence-corrected chi connectivity index (χ0v) is 16.3. The second-order valence-electron chi connectivity index (χ2n) is 6.98. The molecule has 4 rings (SSSR count). The summed E-state index contributed by atoms with van der Waals surface area (Å²) in [6, 6.07) is 12.0. The van der Waals surface area contributed by atoms with Gasteiger partial charge in [0, 0.05) is 30.9 Å². The van der Waals surface area contributed by atoms with Gasteiger partial charge in [-0.1, -0.05) is 18.2 Å².